The molecule has 0 spiro atoms. The second kappa shape index (κ2) is 6.21. The number of benzene rings is 1. The molecule has 0 aliphatic carbocycles. The molecule has 0 bridgehead atoms. The fourth-order valence-electron chi connectivity index (χ4n) is 2.39. The Morgan fingerprint density at radius 1 is 1.39 bits per heavy atom. The number of rotatable bonds is 4. The number of thiophene rings is 1. The van der Waals surface area contributed by atoms with Crippen molar-refractivity contribution in [1.82, 2.24) is 0 Å². The van der Waals surface area contributed by atoms with E-state index in [0.717, 1.165) is 4.88 Å². The Labute approximate surface area is 138 Å². The highest BCUT2D eigenvalue weighted by atomic mass is 32.2. The van der Waals surface area contributed by atoms with Crippen LogP contribution in [0.4, 0.5) is 11.4 Å². The van der Waals surface area contributed by atoms with Crippen molar-refractivity contribution in [2.75, 3.05) is 29.0 Å². The van der Waals surface area contributed by atoms with E-state index in [1.165, 1.54) is 21.9 Å². The first-order valence-corrected chi connectivity index (χ1v) is 9.73. The molecule has 0 saturated carbocycles. The fourth-order valence-corrected chi connectivity index (χ4v) is 4.01. The van der Waals surface area contributed by atoms with Gasteiger partial charge in [0.2, 0.25) is 15.9 Å². The molecule has 2 heterocycles. The molecular formula is C15H16N2O4S2. The lowest BCUT2D eigenvalue weighted by Crippen LogP contribution is -2.37. The minimum atomic E-state index is -3.34. The number of anilines is 2. The van der Waals surface area contributed by atoms with Crippen LogP contribution in [-0.2, 0) is 21.2 Å². The van der Waals surface area contributed by atoms with Crippen LogP contribution in [0.15, 0.2) is 35.7 Å². The minimum absolute atomic E-state index is 0.122. The smallest absolute Gasteiger partial charge is 0.232 e. The first-order valence-electron chi connectivity index (χ1n) is 7.00. The van der Waals surface area contributed by atoms with Gasteiger partial charge in [-0.05, 0) is 23.6 Å². The van der Waals surface area contributed by atoms with E-state index in [1.807, 2.05) is 17.5 Å². The van der Waals surface area contributed by atoms with Crippen molar-refractivity contribution in [3.8, 4) is 5.75 Å². The molecule has 1 amide bonds. The molecule has 1 aromatic carbocycles. The first kappa shape index (κ1) is 15.8. The van der Waals surface area contributed by atoms with Gasteiger partial charge in [-0.3, -0.25) is 9.10 Å². The third-order valence-corrected chi connectivity index (χ3v) is 5.44. The highest BCUT2D eigenvalue weighted by molar-refractivity contribution is 7.92. The Balaban J connectivity index is 1.77. The third-order valence-electron chi connectivity index (χ3n) is 3.38. The lowest BCUT2D eigenvalue weighted by molar-refractivity contribution is -0.115. The zero-order valence-corrected chi connectivity index (χ0v) is 14.1. The van der Waals surface area contributed by atoms with Crippen molar-refractivity contribution < 1.29 is 17.9 Å². The molecule has 1 aliphatic heterocycles. The van der Waals surface area contributed by atoms with E-state index < -0.39 is 10.0 Å². The average molecular weight is 352 g/mol. The summed E-state index contributed by atoms with van der Waals surface area (Å²) in [5.74, 6) is 0.332. The summed E-state index contributed by atoms with van der Waals surface area (Å²) in [7, 11) is -3.34. The van der Waals surface area contributed by atoms with E-state index in [-0.39, 0.29) is 19.1 Å². The molecule has 0 fully saturated rings. The number of sulfonamides is 1. The molecule has 6 nitrogen and oxygen atoms in total. The van der Waals surface area contributed by atoms with Gasteiger partial charge in [0.15, 0.2) is 0 Å². The van der Waals surface area contributed by atoms with Gasteiger partial charge in [0.1, 0.15) is 12.4 Å². The molecule has 2 aromatic rings. The van der Waals surface area contributed by atoms with Crippen molar-refractivity contribution in [2.45, 2.75) is 6.42 Å². The van der Waals surface area contributed by atoms with E-state index in [9.17, 15) is 13.2 Å². The molecule has 0 radical (unpaired) electrons. The van der Waals surface area contributed by atoms with Gasteiger partial charge in [0.05, 0.1) is 24.9 Å². The van der Waals surface area contributed by atoms with Crippen LogP contribution in [0.1, 0.15) is 4.88 Å². The van der Waals surface area contributed by atoms with Crippen molar-refractivity contribution in [3.63, 3.8) is 0 Å². The summed E-state index contributed by atoms with van der Waals surface area (Å²) >= 11 is 1.53. The average Bonchev–Trinajstić information content (AvgIpc) is 2.98. The van der Waals surface area contributed by atoms with Gasteiger partial charge in [0, 0.05) is 16.6 Å². The van der Waals surface area contributed by atoms with Gasteiger partial charge in [-0.2, -0.15) is 0 Å². The van der Waals surface area contributed by atoms with Crippen LogP contribution in [0.3, 0.4) is 0 Å². The predicted molar refractivity (Wildman–Crippen MR) is 90.8 cm³/mol. The number of carbonyl (C=O) groups is 1. The van der Waals surface area contributed by atoms with Crippen molar-refractivity contribution in [3.05, 3.63) is 40.6 Å². The van der Waals surface area contributed by atoms with Gasteiger partial charge in [-0.1, -0.05) is 6.07 Å². The van der Waals surface area contributed by atoms with Gasteiger partial charge in [0.25, 0.3) is 0 Å². The number of nitrogens with zero attached hydrogens (tertiary/aromatic N) is 1. The molecule has 8 heteroatoms. The highest BCUT2D eigenvalue weighted by Crippen LogP contribution is 2.35. The van der Waals surface area contributed by atoms with Crippen LogP contribution >= 0.6 is 11.3 Å². The fraction of sp³-hybridized carbons (Fsp3) is 0.267. The molecule has 3 rings (SSSR count). The van der Waals surface area contributed by atoms with Crippen molar-refractivity contribution in [2.24, 2.45) is 0 Å². The molecule has 0 unspecified atom stereocenters. The normalized spacial score (nSPS) is 14.0. The molecule has 1 N–H and O–H groups in total. The summed E-state index contributed by atoms with van der Waals surface area (Å²) in [6, 6.07) is 8.79. The standard InChI is InChI=1S/C15H16N2O4S2/c1-23(19,20)17-6-7-21-14-9-11(4-5-13(14)17)16-15(18)10-12-3-2-8-22-12/h2-5,8-9H,6-7,10H2,1H3,(H,16,18). The Morgan fingerprint density at radius 3 is 2.91 bits per heavy atom. The summed E-state index contributed by atoms with van der Waals surface area (Å²) in [5, 5.41) is 4.73. The Hall–Kier alpha value is -2.06. The number of carbonyl (C=O) groups excluding carboxylic acids is 1. The molecule has 0 saturated heterocycles. The number of fused-ring (bicyclic) bond motifs is 1. The Kier molecular flexibility index (Phi) is 4.27. The summed E-state index contributed by atoms with van der Waals surface area (Å²) in [4.78, 5) is 13.0. The number of hydrogen-bond acceptors (Lipinski definition) is 5. The molecule has 23 heavy (non-hydrogen) atoms. The van der Waals surface area contributed by atoms with Crippen LogP contribution < -0.4 is 14.4 Å². The van der Waals surface area contributed by atoms with Crippen molar-refractivity contribution in [1.29, 1.82) is 0 Å². The van der Waals surface area contributed by atoms with Crippen LogP contribution in [0.25, 0.3) is 0 Å². The van der Waals surface area contributed by atoms with E-state index in [4.69, 9.17) is 4.74 Å². The number of amides is 1. The monoisotopic (exact) mass is 352 g/mol. The van der Waals surface area contributed by atoms with Gasteiger partial charge in [-0.15, -0.1) is 11.3 Å². The second-order valence-corrected chi connectivity index (χ2v) is 8.11. The summed E-state index contributed by atoms with van der Waals surface area (Å²) < 4.78 is 30.4. The maximum Gasteiger partial charge on any atom is 0.232 e. The lowest BCUT2D eigenvalue weighted by atomic mass is 10.2. The molecular weight excluding hydrogens is 336 g/mol. The van der Waals surface area contributed by atoms with Crippen molar-refractivity contribution >= 4 is 38.6 Å². The third kappa shape index (κ3) is 3.65. The topological polar surface area (TPSA) is 75.7 Å². The number of hydrogen-bond donors (Lipinski definition) is 1. The SMILES string of the molecule is CS(=O)(=O)N1CCOc2cc(NC(=O)Cc3cccs3)ccc21. The van der Waals surface area contributed by atoms with Gasteiger partial charge < -0.3 is 10.1 Å². The zero-order chi connectivity index (χ0) is 16.4. The maximum atomic E-state index is 12.0. The number of ether oxygens (including phenoxy) is 1. The molecule has 0 atom stereocenters. The van der Waals surface area contributed by atoms with Gasteiger partial charge in [-0.25, -0.2) is 8.42 Å². The molecule has 1 aromatic heterocycles. The summed E-state index contributed by atoms with van der Waals surface area (Å²) in [6.45, 7) is 0.572. The van der Waals surface area contributed by atoms with Crippen LogP contribution in [0.5, 0.6) is 5.75 Å². The zero-order valence-electron chi connectivity index (χ0n) is 12.5. The quantitative estimate of drug-likeness (QED) is 0.914. The van der Waals surface area contributed by atoms with Crippen LogP contribution in [0.2, 0.25) is 0 Å². The van der Waals surface area contributed by atoms with Gasteiger partial charge >= 0.3 is 0 Å². The summed E-state index contributed by atoms with van der Waals surface area (Å²) in [5.41, 5.74) is 1.08. The summed E-state index contributed by atoms with van der Waals surface area (Å²) in [6.07, 6.45) is 1.48. The Bertz CT molecular complexity index is 816. The highest BCUT2D eigenvalue weighted by Gasteiger charge is 2.25. The lowest BCUT2D eigenvalue weighted by Gasteiger charge is -2.29. The van der Waals surface area contributed by atoms with E-state index in [1.54, 1.807) is 18.2 Å². The largest absolute Gasteiger partial charge is 0.489 e. The Morgan fingerprint density at radius 2 is 2.22 bits per heavy atom. The molecule has 1 aliphatic rings. The van der Waals surface area contributed by atoms with E-state index >= 15 is 0 Å². The van der Waals surface area contributed by atoms with E-state index in [2.05, 4.69) is 5.32 Å². The van der Waals surface area contributed by atoms with Crippen LogP contribution in [-0.4, -0.2) is 33.7 Å². The predicted octanol–water partition coefficient (Wildman–Crippen LogP) is 2.09. The minimum Gasteiger partial charge on any atom is -0.489 e. The second-order valence-electron chi connectivity index (χ2n) is 5.17. The van der Waals surface area contributed by atoms with E-state index in [0.29, 0.717) is 23.5 Å². The molecule has 122 valence electrons. The number of nitrogens with one attached hydrogen (secondary N) is 1. The maximum absolute atomic E-state index is 12.0. The first-order chi connectivity index (χ1) is 10.9. The van der Waals surface area contributed by atoms with Crippen LogP contribution in [0, 0.1) is 0 Å².